The van der Waals surface area contributed by atoms with Gasteiger partial charge in [0.05, 0.1) is 31.8 Å². The summed E-state index contributed by atoms with van der Waals surface area (Å²) in [4.78, 5) is 19.4. The van der Waals surface area contributed by atoms with Gasteiger partial charge in [-0.25, -0.2) is 4.98 Å². The van der Waals surface area contributed by atoms with Gasteiger partial charge in [-0.05, 0) is 17.7 Å². The van der Waals surface area contributed by atoms with Crippen LogP contribution in [-0.4, -0.2) is 53.2 Å². The van der Waals surface area contributed by atoms with Crippen molar-refractivity contribution < 1.29 is 9.53 Å². The Morgan fingerprint density at radius 3 is 2.43 bits per heavy atom. The number of ether oxygens (including phenoxy) is 1. The third-order valence-electron chi connectivity index (χ3n) is 5.03. The molecule has 1 unspecified atom stereocenters. The van der Waals surface area contributed by atoms with Crippen LogP contribution in [0.3, 0.4) is 0 Å². The highest BCUT2D eigenvalue weighted by Gasteiger charge is 2.24. The summed E-state index contributed by atoms with van der Waals surface area (Å²) in [6.07, 6.45) is 3.27. The summed E-state index contributed by atoms with van der Waals surface area (Å²) in [5.74, 6) is -0.129. The van der Waals surface area contributed by atoms with Gasteiger partial charge in [0.25, 0.3) is 5.91 Å². The van der Waals surface area contributed by atoms with E-state index in [4.69, 9.17) is 4.74 Å². The SMILES string of the molecule is O=C(NCC(c1ccccc1)N1CCOCC1)c1cncn1-c1ccccc1. The summed E-state index contributed by atoms with van der Waals surface area (Å²) in [5, 5.41) is 3.11. The number of carbonyl (C=O) groups excluding carboxylic acids is 1. The van der Waals surface area contributed by atoms with Crippen molar-refractivity contribution >= 4 is 5.91 Å². The molecular formula is C22H24N4O2. The van der Waals surface area contributed by atoms with Crippen LogP contribution in [0.2, 0.25) is 0 Å². The van der Waals surface area contributed by atoms with E-state index in [1.807, 2.05) is 53.1 Å². The third-order valence-corrected chi connectivity index (χ3v) is 5.03. The van der Waals surface area contributed by atoms with Crippen molar-refractivity contribution in [1.82, 2.24) is 19.8 Å². The van der Waals surface area contributed by atoms with Gasteiger partial charge in [-0.3, -0.25) is 14.3 Å². The summed E-state index contributed by atoms with van der Waals surface area (Å²) >= 11 is 0. The lowest BCUT2D eigenvalue weighted by Crippen LogP contribution is -2.44. The molecule has 2 heterocycles. The smallest absolute Gasteiger partial charge is 0.269 e. The minimum absolute atomic E-state index is 0.113. The van der Waals surface area contributed by atoms with E-state index < -0.39 is 0 Å². The molecule has 0 saturated carbocycles. The van der Waals surface area contributed by atoms with Crippen LogP contribution in [0.1, 0.15) is 22.1 Å². The number of nitrogens with zero attached hydrogens (tertiary/aromatic N) is 3. The Kier molecular flexibility index (Phi) is 5.80. The van der Waals surface area contributed by atoms with Crippen molar-refractivity contribution in [3.8, 4) is 5.69 Å². The molecule has 1 aliphatic rings. The van der Waals surface area contributed by atoms with Crippen molar-refractivity contribution in [2.45, 2.75) is 6.04 Å². The maximum absolute atomic E-state index is 12.9. The highest BCUT2D eigenvalue weighted by Crippen LogP contribution is 2.21. The summed E-state index contributed by atoms with van der Waals surface area (Å²) in [6.45, 7) is 3.69. The van der Waals surface area contributed by atoms with Gasteiger partial charge < -0.3 is 10.1 Å². The molecule has 6 heteroatoms. The molecule has 3 aromatic rings. The van der Waals surface area contributed by atoms with Gasteiger partial charge in [0, 0.05) is 25.3 Å². The number of amides is 1. The van der Waals surface area contributed by atoms with Crippen LogP contribution in [0, 0.1) is 0 Å². The largest absolute Gasteiger partial charge is 0.379 e. The molecule has 1 N–H and O–H groups in total. The topological polar surface area (TPSA) is 59.4 Å². The summed E-state index contributed by atoms with van der Waals surface area (Å²) in [7, 11) is 0. The minimum Gasteiger partial charge on any atom is -0.379 e. The van der Waals surface area contributed by atoms with Crippen molar-refractivity contribution in [2.75, 3.05) is 32.8 Å². The number of para-hydroxylation sites is 1. The Bertz CT molecular complexity index is 889. The van der Waals surface area contributed by atoms with E-state index in [1.54, 1.807) is 12.5 Å². The molecule has 0 spiro atoms. The highest BCUT2D eigenvalue weighted by molar-refractivity contribution is 5.93. The molecule has 1 aliphatic heterocycles. The van der Waals surface area contributed by atoms with Crippen LogP contribution in [0.5, 0.6) is 0 Å². The lowest BCUT2D eigenvalue weighted by molar-refractivity contribution is 0.0162. The van der Waals surface area contributed by atoms with Crippen LogP contribution in [0.4, 0.5) is 0 Å². The Balaban J connectivity index is 1.50. The fraction of sp³-hybridized carbons (Fsp3) is 0.273. The van der Waals surface area contributed by atoms with Crippen molar-refractivity contribution in [3.63, 3.8) is 0 Å². The first-order valence-corrected chi connectivity index (χ1v) is 9.55. The molecule has 4 rings (SSSR count). The summed E-state index contributed by atoms with van der Waals surface area (Å²) in [6, 6.07) is 20.2. The Hall–Kier alpha value is -2.96. The molecule has 1 atom stereocenters. The van der Waals surface area contributed by atoms with E-state index >= 15 is 0 Å². The zero-order valence-electron chi connectivity index (χ0n) is 15.7. The molecular weight excluding hydrogens is 352 g/mol. The van der Waals surface area contributed by atoms with Crippen LogP contribution >= 0.6 is 0 Å². The van der Waals surface area contributed by atoms with Crippen molar-refractivity contribution in [1.29, 1.82) is 0 Å². The average molecular weight is 376 g/mol. The number of morpholine rings is 1. The van der Waals surface area contributed by atoms with E-state index in [9.17, 15) is 4.79 Å². The van der Waals surface area contributed by atoms with E-state index in [0.717, 1.165) is 32.0 Å². The zero-order valence-corrected chi connectivity index (χ0v) is 15.7. The number of nitrogens with one attached hydrogen (secondary N) is 1. The fourth-order valence-corrected chi connectivity index (χ4v) is 3.56. The molecule has 1 amide bonds. The molecule has 28 heavy (non-hydrogen) atoms. The number of rotatable bonds is 6. The quantitative estimate of drug-likeness (QED) is 0.719. The first-order valence-electron chi connectivity index (χ1n) is 9.55. The Labute approximate surface area is 164 Å². The number of hydrogen-bond acceptors (Lipinski definition) is 4. The molecule has 6 nitrogen and oxygen atoms in total. The van der Waals surface area contributed by atoms with Crippen LogP contribution in [0.15, 0.2) is 73.2 Å². The number of carbonyl (C=O) groups is 1. The molecule has 0 bridgehead atoms. The molecule has 1 aromatic heterocycles. The van der Waals surface area contributed by atoms with Gasteiger partial charge in [-0.15, -0.1) is 0 Å². The number of benzene rings is 2. The molecule has 0 aliphatic carbocycles. The second-order valence-corrected chi connectivity index (χ2v) is 6.77. The fourth-order valence-electron chi connectivity index (χ4n) is 3.56. The van der Waals surface area contributed by atoms with Crippen LogP contribution in [0.25, 0.3) is 5.69 Å². The van der Waals surface area contributed by atoms with E-state index in [0.29, 0.717) is 12.2 Å². The lowest BCUT2D eigenvalue weighted by atomic mass is 10.0. The number of hydrogen-bond donors (Lipinski definition) is 1. The normalized spacial score (nSPS) is 15.9. The minimum atomic E-state index is -0.129. The third kappa shape index (κ3) is 4.13. The molecule has 1 fully saturated rings. The number of imidazole rings is 1. The molecule has 2 aromatic carbocycles. The van der Waals surface area contributed by atoms with E-state index in [2.05, 4.69) is 27.3 Å². The first kappa shape index (κ1) is 18.4. The van der Waals surface area contributed by atoms with Gasteiger partial charge in [0.2, 0.25) is 0 Å². The molecule has 0 radical (unpaired) electrons. The van der Waals surface area contributed by atoms with Gasteiger partial charge in [-0.2, -0.15) is 0 Å². The molecule has 1 saturated heterocycles. The predicted octanol–water partition coefficient (Wildman–Crippen LogP) is 2.68. The van der Waals surface area contributed by atoms with Gasteiger partial charge in [0.1, 0.15) is 5.69 Å². The predicted molar refractivity (Wildman–Crippen MR) is 107 cm³/mol. The maximum atomic E-state index is 12.9. The summed E-state index contributed by atoms with van der Waals surface area (Å²) < 4.78 is 7.30. The summed E-state index contributed by atoms with van der Waals surface area (Å²) in [5.41, 5.74) is 2.64. The second-order valence-electron chi connectivity index (χ2n) is 6.77. The Morgan fingerprint density at radius 2 is 1.71 bits per heavy atom. The highest BCUT2D eigenvalue weighted by atomic mass is 16.5. The second kappa shape index (κ2) is 8.82. The standard InChI is InChI=1S/C22H24N4O2/c27-22(21-15-23-17-26(21)19-9-5-2-6-10-19)24-16-20(18-7-3-1-4-8-18)25-11-13-28-14-12-25/h1-10,15,17,20H,11-14,16H2,(H,24,27). The molecule has 144 valence electrons. The van der Waals surface area contributed by atoms with Crippen molar-refractivity contribution in [2.24, 2.45) is 0 Å². The van der Waals surface area contributed by atoms with Crippen molar-refractivity contribution in [3.05, 3.63) is 84.4 Å². The lowest BCUT2D eigenvalue weighted by Gasteiger charge is -2.35. The monoisotopic (exact) mass is 376 g/mol. The first-order chi connectivity index (χ1) is 13.8. The van der Waals surface area contributed by atoms with Gasteiger partial charge in [-0.1, -0.05) is 48.5 Å². The average Bonchev–Trinajstić information content (AvgIpc) is 3.26. The Morgan fingerprint density at radius 1 is 1.04 bits per heavy atom. The van der Waals surface area contributed by atoms with Gasteiger partial charge in [0.15, 0.2) is 0 Å². The van der Waals surface area contributed by atoms with Crippen LogP contribution < -0.4 is 5.32 Å². The van der Waals surface area contributed by atoms with E-state index in [-0.39, 0.29) is 11.9 Å². The maximum Gasteiger partial charge on any atom is 0.269 e. The zero-order chi connectivity index (χ0) is 19.2. The van der Waals surface area contributed by atoms with E-state index in [1.165, 1.54) is 5.56 Å². The van der Waals surface area contributed by atoms with Crippen LogP contribution in [-0.2, 0) is 4.74 Å². The number of aromatic nitrogens is 2. The van der Waals surface area contributed by atoms with Gasteiger partial charge >= 0.3 is 0 Å².